The zero-order chi connectivity index (χ0) is 19.2. The molecule has 1 aromatic carbocycles. The maximum Gasteiger partial charge on any atom is 0.516 e. The molecule has 0 amide bonds. The molecule has 2 rings (SSSR count). The van der Waals surface area contributed by atoms with Gasteiger partial charge in [-0.3, -0.25) is 4.79 Å². The Hall–Kier alpha value is -1.89. The fraction of sp³-hybridized carbons (Fsp3) is 0.579. The summed E-state index contributed by atoms with van der Waals surface area (Å²) in [6, 6.07) is 6.79. The number of carbonyl (C=O) groups is 2. The molecule has 7 heteroatoms. The van der Waals surface area contributed by atoms with Crippen LogP contribution in [0.1, 0.15) is 57.4 Å². The van der Waals surface area contributed by atoms with Crippen molar-refractivity contribution in [2.24, 2.45) is 5.92 Å². The summed E-state index contributed by atoms with van der Waals surface area (Å²) < 4.78 is 33.6. The molecule has 0 N–H and O–H groups in total. The number of esters is 1. The molecule has 1 fully saturated rings. The van der Waals surface area contributed by atoms with Crippen molar-refractivity contribution in [3.8, 4) is 0 Å². The lowest BCUT2D eigenvalue weighted by molar-refractivity contribution is -0.139. The van der Waals surface area contributed by atoms with Gasteiger partial charge in [0.1, 0.15) is 6.61 Å². The number of ether oxygens (including phenoxy) is 2. The van der Waals surface area contributed by atoms with Gasteiger partial charge in [-0.15, -0.1) is 0 Å². The second-order valence-corrected chi connectivity index (χ2v) is 8.79. The van der Waals surface area contributed by atoms with Crippen LogP contribution in [0.5, 0.6) is 0 Å². The van der Waals surface area contributed by atoms with Crippen LogP contribution in [0.4, 0.5) is 4.79 Å². The quantitative estimate of drug-likeness (QED) is 0.526. The van der Waals surface area contributed by atoms with Crippen LogP contribution >= 0.6 is 0 Å². The highest BCUT2D eigenvalue weighted by Crippen LogP contribution is 2.38. The highest BCUT2D eigenvalue weighted by Gasteiger charge is 2.28. The Labute approximate surface area is 154 Å². The molecule has 0 radical (unpaired) electrons. The van der Waals surface area contributed by atoms with E-state index in [0.29, 0.717) is 10.8 Å². The molecule has 0 saturated heterocycles. The lowest BCUT2D eigenvalue weighted by atomic mass is 9.85. The lowest BCUT2D eigenvalue weighted by Crippen LogP contribution is -2.21. The molecular weight excluding hydrogens is 356 g/mol. The van der Waals surface area contributed by atoms with Crippen LogP contribution in [0.25, 0.3) is 0 Å². The van der Waals surface area contributed by atoms with Crippen molar-refractivity contribution in [3.05, 3.63) is 29.8 Å². The van der Waals surface area contributed by atoms with Crippen LogP contribution < -0.4 is 0 Å². The summed E-state index contributed by atoms with van der Waals surface area (Å²) in [6.45, 7) is 3.32. The molecule has 0 heterocycles. The van der Waals surface area contributed by atoms with Gasteiger partial charge in [0.15, 0.2) is 9.84 Å². The molecule has 0 spiro atoms. The van der Waals surface area contributed by atoms with E-state index in [4.69, 9.17) is 4.74 Å². The number of sulfone groups is 1. The van der Waals surface area contributed by atoms with Crippen molar-refractivity contribution in [2.45, 2.75) is 56.8 Å². The van der Waals surface area contributed by atoms with Gasteiger partial charge in [0.2, 0.25) is 0 Å². The second-order valence-electron chi connectivity index (χ2n) is 6.51. The van der Waals surface area contributed by atoms with Gasteiger partial charge in [-0.2, -0.15) is 0 Å². The van der Waals surface area contributed by atoms with Crippen LogP contribution in [0, 0.1) is 5.92 Å². The van der Waals surface area contributed by atoms with Crippen molar-refractivity contribution in [1.29, 1.82) is 0 Å². The standard InChI is InChI=1S/C19H26O6S/c1-3-18(20)25-19(21)24-13-17(14-7-5-6-8-14)15-9-11-16(12-10-15)26(22,23)4-2/h9-12,14,17H,3-8,13H2,1-2H3. The Bertz CT molecular complexity index is 717. The Balaban J connectivity index is 2.12. The first-order valence-corrected chi connectivity index (χ1v) is 10.7. The van der Waals surface area contributed by atoms with E-state index >= 15 is 0 Å². The summed E-state index contributed by atoms with van der Waals surface area (Å²) in [4.78, 5) is 23.1. The Morgan fingerprint density at radius 3 is 2.27 bits per heavy atom. The molecule has 0 aromatic heterocycles. The van der Waals surface area contributed by atoms with E-state index in [1.165, 1.54) is 0 Å². The fourth-order valence-corrected chi connectivity index (χ4v) is 4.19. The number of carbonyl (C=O) groups excluding carboxylic acids is 2. The molecule has 1 atom stereocenters. The van der Waals surface area contributed by atoms with E-state index in [1.807, 2.05) is 0 Å². The average molecular weight is 382 g/mol. The molecule has 1 saturated carbocycles. The normalized spacial score (nSPS) is 16.2. The topological polar surface area (TPSA) is 86.7 Å². The van der Waals surface area contributed by atoms with Crippen LogP contribution in [0.3, 0.4) is 0 Å². The van der Waals surface area contributed by atoms with Gasteiger partial charge in [-0.1, -0.05) is 38.8 Å². The third kappa shape index (κ3) is 5.30. The molecular formula is C19H26O6S. The molecule has 0 aliphatic heterocycles. The minimum atomic E-state index is -3.24. The molecule has 1 aromatic rings. The van der Waals surface area contributed by atoms with Crippen LogP contribution in [-0.4, -0.2) is 32.9 Å². The molecule has 26 heavy (non-hydrogen) atoms. The summed E-state index contributed by atoms with van der Waals surface area (Å²) in [6.07, 6.45) is 3.45. The highest BCUT2D eigenvalue weighted by molar-refractivity contribution is 7.91. The first-order chi connectivity index (χ1) is 12.4. The molecule has 1 aliphatic carbocycles. The van der Waals surface area contributed by atoms with Gasteiger partial charge in [-0.25, -0.2) is 13.2 Å². The van der Waals surface area contributed by atoms with E-state index in [1.54, 1.807) is 38.1 Å². The summed E-state index contributed by atoms with van der Waals surface area (Å²) in [5.41, 5.74) is 0.932. The van der Waals surface area contributed by atoms with Crippen molar-refractivity contribution in [2.75, 3.05) is 12.4 Å². The van der Waals surface area contributed by atoms with E-state index < -0.39 is 22.0 Å². The van der Waals surface area contributed by atoms with Crippen molar-refractivity contribution in [1.82, 2.24) is 0 Å². The molecule has 6 nitrogen and oxygen atoms in total. The second kappa shape index (κ2) is 9.16. The highest BCUT2D eigenvalue weighted by atomic mass is 32.2. The third-order valence-electron chi connectivity index (χ3n) is 4.88. The van der Waals surface area contributed by atoms with Crippen LogP contribution in [-0.2, 0) is 24.1 Å². The number of benzene rings is 1. The number of hydrogen-bond donors (Lipinski definition) is 0. The summed E-state index contributed by atoms with van der Waals surface area (Å²) >= 11 is 0. The summed E-state index contributed by atoms with van der Waals surface area (Å²) in [7, 11) is -3.24. The van der Waals surface area contributed by atoms with Crippen molar-refractivity contribution >= 4 is 22.0 Å². The molecule has 144 valence electrons. The average Bonchev–Trinajstić information content (AvgIpc) is 3.16. The first kappa shape index (κ1) is 20.4. The largest absolute Gasteiger partial charge is 0.516 e. The summed E-state index contributed by atoms with van der Waals surface area (Å²) in [5.74, 6) is -0.251. The van der Waals surface area contributed by atoms with Crippen molar-refractivity contribution < 1.29 is 27.5 Å². The van der Waals surface area contributed by atoms with Gasteiger partial charge < -0.3 is 9.47 Å². The molecule has 0 bridgehead atoms. The Kier molecular flexibility index (Phi) is 7.20. The maximum absolute atomic E-state index is 12.0. The van der Waals surface area contributed by atoms with Crippen molar-refractivity contribution in [3.63, 3.8) is 0 Å². The smallest absolute Gasteiger partial charge is 0.433 e. The minimum Gasteiger partial charge on any atom is -0.433 e. The van der Waals surface area contributed by atoms with E-state index in [0.717, 1.165) is 31.2 Å². The Morgan fingerprint density at radius 2 is 1.73 bits per heavy atom. The maximum atomic E-state index is 12.0. The van der Waals surface area contributed by atoms with Gasteiger partial charge in [0, 0.05) is 12.3 Å². The van der Waals surface area contributed by atoms with Gasteiger partial charge in [0.05, 0.1) is 10.6 Å². The monoisotopic (exact) mass is 382 g/mol. The van der Waals surface area contributed by atoms with E-state index in [9.17, 15) is 18.0 Å². The SMILES string of the molecule is CCC(=O)OC(=O)OCC(c1ccc(S(=O)(=O)CC)cc1)C1CCCC1. The number of rotatable bonds is 7. The zero-order valence-corrected chi connectivity index (χ0v) is 16.1. The lowest BCUT2D eigenvalue weighted by Gasteiger charge is -2.23. The molecule has 1 aliphatic rings. The van der Waals surface area contributed by atoms with Gasteiger partial charge in [-0.05, 0) is 36.5 Å². The Morgan fingerprint density at radius 1 is 1.12 bits per heavy atom. The number of hydrogen-bond acceptors (Lipinski definition) is 6. The third-order valence-corrected chi connectivity index (χ3v) is 6.63. The predicted molar refractivity (Wildman–Crippen MR) is 96.6 cm³/mol. The fourth-order valence-electron chi connectivity index (χ4n) is 3.31. The predicted octanol–water partition coefficient (Wildman–Crippen LogP) is 3.84. The summed E-state index contributed by atoms with van der Waals surface area (Å²) in [5, 5.41) is 0. The first-order valence-electron chi connectivity index (χ1n) is 9.07. The zero-order valence-electron chi connectivity index (χ0n) is 15.3. The van der Waals surface area contributed by atoms with Gasteiger partial charge >= 0.3 is 12.1 Å². The van der Waals surface area contributed by atoms with Gasteiger partial charge in [0.25, 0.3) is 0 Å². The minimum absolute atomic E-state index is 0.0415. The van der Waals surface area contributed by atoms with E-state index in [-0.39, 0.29) is 24.7 Å². The van der Waals surface area contributed by atoms with E-state index in [2.05, 4.69) is 4.74 Å². The van der Waals surface area contributed by atoms with Crippen LogP contribution in [0.2, 0.25) is 0 Å². The van der Waals surface area contributed by atoms with Crippen LogP contribution in [0.15, 0.2) is 29.2 Å². The molecule has 1 unspecified atom stereocenters.